The predicted octanol–water partition coefficient (Wildman–Crippen LogP) is 6.63. The van der Waals surface area contributed by atoms with E-state index in [1.54, 1.807) is 7.11 Å². The third-order valence-electron chi connectivity index (χ3n) is 6.23. The molecule has 0 spiro atoms. The van der Waals surface area contributed by atoms with Crippen molar-refractivity contribution < 1.29 is 14.6 Å². The molecular formula is C24H36O3. The Bertz CT molecular complexity index is 656. The zero-order valence-electron chi connectivity index (χ0n) is 17.4. The van der Waals surface area contributed by atoms with E-state index in [4.69, 9.17) is 9.47 Å². The van der Waals surface area contributed by atoms with Crippen molar-refractivity contribution >= 4 is 0 Å². The van der Waals surface area contributed by atoms with E-state index in [1.165, 1.54) is 30.4 Å². The summed E-state index contributed by atoms with van der Waals surface area (Å²) < 4.78 is 12.4. The summed E-state index contributed by atoms with van der Waals surface area (Å²) >= 11 is 0. The first kappa shape index (κ1) is 20.3. The van der Waals surface area contributed by atoms with Crippen molar-refractivity contribution in [2.45, 2.75) is 96.2 Å². The quantitative estimate of drug-likeness (QED) is 0.316. The minimum Gasteiger partial charge on any atom is -0.507 e. The summed E-state index contributed by atoms with van der Waals surface area (Å²) in [6.45, 7) is 4.41. The topological polar surface area (TPSA) is 38.7 Å². The third-order valence-corrected chi connectivity index (χ3v) is 6.23. The van der Waals surface area contributed by atoms with Gasteiger partial charge in [-0.2, -0.15) is 0 Å². The molecule has 1 atom stereocenters. The van der Waals surface area contributed by atoms with Crippen LogP contribution in [-0.4, -0.2) is 18.0 Å². The maximum atomic E-state index is 10.9. The van der Waals surface area contributed by atoms with Gasteiger partial charge < -0.3 is 14.6 Å². The molecule has 0 saturated heterocycles. The first-order valence-corrected chi connectivity index (χ1v) is 10.8. The Labute approximate surface area is 164 Å². The van der Waals surface area contributed by atoms with Gasteiger partial charge in [0.05, 0.1) is 0 Å². The molecule has 150 valence electrons. The van der Waals surface area contributed by atoms with Crippen LogP contribution < -0.4 is 4.74 Å². The highest BCUT2D eigenvalue weighted by atomic mass is 16.7. The summed E-state index contributed by atoms with van der Waals surface area (Å²) in [7, 11) is 1.75. The molecule has 1 aromatic rings. The van der Waals surface area contributed by atoms with E-state index >= 15 is 0 Å². The number of ether oxygens (including phenoxy) is 2. The lowest BCUT2D eigenvalue weighted by atomic mass is 9.84. The van der Waals surface area contributed by atoms with Gasteiger partial charge in [-0.15, -0.1) is 0 Å². The molecule has 0 amide bonds. The molecule has 0 bridgehead atoms. The highest BCUT2D eigenvalue weighted by Crippen LogP contribution is 2.45. The fourth-order valence-corrected chi connectivity index (χ4v) is 4.65. The number of phenols is 1. The average Bonchev–Trinajstić information content (AvgIpc) is 3.11. The van der Waals surface area contributed by atoms with E-state index in [1.807, 2.05) is 6.07 Å². The normalized spacial score (nSPS) is 21.9. The molecule has 0 radical (unpaired) electrons. The molecule has 3 rings (SSSR count). The van der Waals surface area contributed by atoms with Crippen LogP contribution in [0.1, 0.15) is 95.1 Å². The van der Waals surface area contributed by atoms with Crippen LogP contribution >= 0.6 is 0 Å². The molecular weight excluding hydrogens is 336 g/mol. The number of hydrogen-bond donors (Lipinski definition) is 1. The van der Waals surface area contributed by atoms with Crippen LogP contribution in [0.25, 0.3) is 0 Å². The number of phenolic OH excluding ortho intramolecular Hbond substituents is 1. The van der Waals surface area contributed by atoms with E-state index in [9.17, 15) is 5.11 Å². The van der Waals surface area contributed by atoms with Gasteiger partial charge in [0.15, 0.2) is 0 Å². The van der Waals surface area contributed by atoms with E-state index in [0.717, 1.165) is 62.7 Å². The van der Waals surface area contributed by atoms with Crippen molar-refractivity contribution in [3.63, 3.8) is 0 Å². The lowest BCUT2D eigenvalue weighted by Crippen LogP contribution is -2.35. The van der Waals surface area contributed by atoms with Gasteiger partial charge in [0.25, 0.3) is 0 Å². The van der Waals surface area contributed by atoms with E-state index in [2.05, 4.69) is 26.0 Å². The smallest absolute Gasteiger partial charge is 0.210 e. The van der Waals surface area contributed by atoms with Crippen molar-refractivity contribution in [2.75, 3.05) is 7.11 Å². The van der Waals surface area contributed by atoms with Crippen LogP contribution in [-0.2, 0) is 11.2 Å². The predicted molar refractivity (Wildman–Crippen MR) is 111 cm³/mol. The largest absolute Gasteiger partial charge is 0.507 e. The number of unbranched alkanes of at least 4 members (excludes halogenated alkanes) is 2. The van der Waals surface area contributed by atoms with Crippen molar-refractivity contribution in [1.82, 2.24) is 0 Å². The first-order valence-electron chi connectivity index (χ1n) is 10.8. The summed E-state index contributed by atoms with van der Waals surface area (Å²) in [4.78, 5) is 0. The molecule has 0 heterocycles. The third kappa shape index (κ3) is 4.87. The molecule has 1 aromatic carbocycles. The first-order chi connectivity index (χ1) is 13.1. The second-order valence-electron chi connectivity index (χ2n) is 8.42. The fraction of sp³-hybridized carbons (Fsp3) is 0.667. The maximum absolute atomic E-state index is 10.9. The Morgan fingerprint density at radius 1 is 1.15 bits per heavy atom. The lowest BCUT2D eigenvalue weighted by molar-refractivity contribution is -0.158. The molecule has 1 unspecified atom stereocenters. The van der Waals surface area contributed by atoms with Crippen LogP contribution in [0.3, 0.4) is 0 Å². The van der Waals surface area contributed by atoms with E-state index < -0.39 is 5.79 Å². The molecule has 2 aliphatic carbocycles. The van der Waals surface area contributed by atoms with Gasteiger partial charge in [0.1, 0.15) is 11.5 Å². The van der Waals surface area contributed by atoms with Crippen LogP contribution in [0.5, 0.6) is 11.5 Å². The number of aryl methyl sites for hydroxylation is 1. The summed E-state index contributed by atoms with van der Waals surface area (Å²) in [5.41, 5.74) is 3.53. The summed E-state index contributed by atoms with van der Waals surface area (Å²) in [5, 5.41) is 10.9. The number of benzene rings is 1. The molecule has 1 N–H and O–H groups in total. The van der Waals surface area contributed by atoms with Crippen molar-refractivity contribution in [3.05, 3.63) is 34.9 Å². The molecule has 27 heavy (non-hydrogen) atoms. The minimum atomic E-state index is -0.531. The Balaban J connectivity index is 1.95. The Morgan fingerprint density at radius 2 is 1.93 bits per heavy atom. The second kappa shape index (κ2) is 9.14. The van der Waals surface area contributed by atoms with Gasteiger partial charge in [0.2, 0.25) is 5.79 Å². The minimum absolute atomic E-state index is 0.230. The summed E-state index contributed by atoms with van der Waals surface area (Å²) in [6.07, 6.45) is 14.4. The Kier molecular flexibility index (Phi) is 6.86. The number of methoxy groups -OCH3 is 1. The van der Waals surface area contributed by atoms with Crippen LogP contribution in [0.15, 0.2) is 23.8 Å². The Hall–Kier alpha value is -1.48. The van der Waals surface area contributed by atoms with Crippen molar-refractivity contribution in [2.24, 2.45) is 0 Å². The maximum Gasteiger partial charge on any atom is 0.210 e. The number of hydrogen-bond acceptors (Lipinski definition) is 3. The lowest BCUT2D eigenvalue weighted by Gasteiger charge is -2.32. The molecule has 3 heteroatoms. The molecule has 0 aromatic heterocycles. The zero-order chi connectivity index (χ0) is 19.3. The highest BCUT2D eigenvalue weighted by molar-refractivity contribution is 5.51. The molecule has 0 aliphatic heterocycles. The van der Waals surface area contributed by atoms with E-state index in [-0.39, 0.29) is 5.92 Å². The van der Waals surface area contributed by atoms with Gasteiger partial charge >= 0.3 is 0 Å². The van der Waals surface area contributed by atoms with Gasteiger partial charge in [-0.25, -0.2) is 0 Å². The molecule has 1 saturated carbocycles. The zero-order valence-corrected chi connectivity index (χ0v) is 17.4. The number of aromatic hydroxyl groups is 1. The Morgan fingerprint density at radius 3 is 2.59 bits per heavy atom. The van der Waals surface area contributed by atoms with Crippen LogP contribution in [0.2, 0.25) is 0 Å². The average molecular weight is 373 g/mol. The molecule has 2 aliphatic rings. The summed E-state index contributed by atoms with van der Waals surface area (Å²) in [5.74, 6) is 0.922. The van der Waals surface area contributed by atoms with Gasteiger partial charge in [-0.3, -0.25) is 0 Å². The van der Waals surface area contributed by atoms with Gasteiger partial charge in [0, 0.05) is 31.4 Å². The van der Waals surface area contributed by atoms with Crippen LogP contribution in [0.4, 0.5) is 0 Å². The SMILES string of the molecule is CCCCCc1cc(O)c(C2C=C(C)CCC2)c(OC2(OC)CCCC2)c1. The molecule has 1 fully saturated rings. The van der Waals surface area contributed by atoms with Crippen molar-refractivity contribution in [3.8, 4) is 11.5 Å². The molecule has 3 nitrogen and oxygen atoms in total. The highest BCUT2D eigenvalue weighted by Gasteiger charge is 2.37. The van der Waals surface area contributed by atoms with Crippen molar-refractivity contribution in [1.29, 1.82) is 0 Å². The second-order valence-corrected chi connectivity index (χ2v) is 8.42. The van der Waals surface area contributed by atoms with Crippen LogP contribution in [0, 0.1) is 0 Å². The number of allylic oxidation sites excluding steroid dienone is 2. The monoisotopic (exact) mass is 372 g/mol. The van der Waals surface area contributed by atoms with Gasteiger partial charge in [-0.05, 0) is 69.6 Å². The summed E-state index contributed by atoms with van der Waals surface area (Å²) in [6, 6.07) is 4.13. The fourth-order valence-electron chi connectivity index (χ4n) is 4.65. The van der Waals surface area contributed by atoms with E-state index in [0.29, 0.717) is 5.75 Å². The van der Waals surface area contributed by atoms with Gasteiger partial charge in [-0.1, -0.05) is 31.4 Å². The number of rotatable bonds is 8. The standard InChI is InChI=1S/C24H36O3/c1-4-5-6-11-19-16-21(25)23(20-12-9-10-18(2)15-20)22(17-19)27-24(26-3)13-7-8-14-24/h15-17,20,25H,4-14H2,1-3H3.